The molecule has 0 saturated heterocycles. The molecule has 7 heteroatoms. The highest BCUT2D eigenvalue weighted by atomic mass is 16.5. The van der Waals surface area contributed by atoms with E-state index in [1.54, 1.807) is 60.7 Å². The molecule has 0 aliphatic carbocycles. The predicted octanol–water partition coefficient (Wildman–Crippen LogP) is 4.45. The lowest BCUT2D eigenvalue weighted by molar-refractivity contribution is -0.118. The number of nitrogens with one attached hydrogen (secondary N) is 1. The van der Waals surface area contributed by atoms with Gasteiger partial charge in [0.15, 0.2) is 12.3 Å². The van der Waals surface area contributed by atoms with Gasteiger partial charge >= 0.3 is 0 Å². The Hall–Kier alpha value is -4.62. The average molecular weight is 479 g/mol. The van der Waals surface area contributed by atoms with Gasteiger partial charge in [0.2, 0.25) is 0 Å². The van der Waals surface area contributed by atoms with Gasteiger partial charge in [-0.1, -0.05) is 54.6 Å². The number of anilines is 2. The van der Waals surface area contributed by atoms with Crippen LogP contribution < -0.4 is 19.7 Å². The number of fused-ring (bicyclic) bond motifs is 2. The molecule has 0 fully saturated rings. The molecule has 2 aliphatic rings. The number of benzene rings is 4. The third-order valence-corrected chi connectivity index (χ3v) is 6.40. The van der Waals surface area contributed by atoms with Gasteiger partial charge in [-0.05, 0) is 42.0 Å². The van der Waals surface area contributed by atoms with E-state index in [9.17, 15) is 14.7 Å². The number of carbonyl (C=O) groups excluding carboxylic acids is 2. The number of hydrogen-bond acceptors (Lipinski definition) is 5. The number of amides is 2. The Morgan fingerprint density at radius 3 is 2.58 bits per heavy atom. The first-order valence-corrected chi connectivity index (χ1v) is 11.5. The van der Waals surface area contributed by atoms with Crippen LogP contribution in [0.2, 0.25) is 0 Å². The minimum atomic E-state index is -1.82. The normalized spacial score (nSPS) is 18.2. The molecular weight excluding hydrogens is 456 g/mol. The van der Waals surface area contributed by atoms with Gasteiger partial charge in [-0.15, -0.1) is 0 Å². The second-order valence-corrected chi connectivity index (χ2v) is 8.68. The van der Waals surface area contributed by atoms with Crippen LogP contribution in [-0.2, 0) is 17.1 Å². The fourth-order valence-electron chi connectivity index (χ4n) is 4.70. The SMILES string of the molecule is O=C1COc2ccc(C3(O)c4ccccc4C(=O)N3c3cccc(OCc4ccccc4)c3)cc2N1. The zero-order valence-corrected chi connectivity index (χ0v) is 19.2. The van der Waals surface area contributed by atoms with Crippen LogP contribution in [0.3, 0.4) is 0 Å². The quantitative estimate of drug-likeness (QED) is 0.443. The summed E-state index contributed by atoms with van der Waals surface area (Å²) in [6.07, 6.45) is 0. The summed E-state index contributed by atoms with van der Waals surface area (Å²) in [6.45, 7) is 0.299. The van der Waals surface area contributed by atoms with Crippen molar-refractivity contribution in [3.8, 4) is 11.5 Å². The summed E-state index contributed by atoms with van der Waals surface area (Å²) < 4.78 is 11.5. The average Bonchev–Trinajstić information content (AvgIpc) is 3.15. The van der Waals surface area contributed by atoms with Gasteiger partial charge in [-0.2, -0.15) is 0 Å². The Labute approximate surface area is 207 Å². The molecule has 1 unspecified atom stereocenters. The Morgan fingerprint density at radius 2 is 1.72 bits per heavy atom. The summed E-state index contributed by atoms with van der Waals surface area (Å²) in [7, 11) is 0. The predicted molar refractivity (Wildman–Crippen MR) is 134 cm³/mol. The lowest BCUT2D eigenvalue weighted by Gasteiger charge is -2.35. The number of rotatable bonds is 5. The van der Waals surface area contributed by atoms with E-state index >= 15 is 0 Å². The van der Waals surface area contributed by atoms with Gasteiger partial charge in [0.25, 0.3) is 11.8 Å². The molecule has 0 aromatic heterocycles. The van der Waals surface area contributed by atoms with Crippen LogP contribution in [0.4, 0.5) is 11.4 Å². The Morgan fingerprint density at radius 1 is 0.917 bits per heavy atom. The molecule has 2 N–H and O–H groups in total. The Balaban J connectivity index is 1.42. The van der Waals surface area contributed by atoms with Gasteiger partial charge < -0.3 is 19.9 Å². The third-order valence-electron chi connectivity index (χ3n) is 6.40. The van der Waals surface area contributed by atoms with Crippen molar-refractivity contribution in [3.63, 3.8) is 0 Å². The molecule has 0 saturated carbocycles. The van der Waals surface area contributed by atoms with Crippen LogP contribution in [0.1, 0.15) is 27.0 Å². The van der Waals surface area contributed by atoms with Crippen molar-refractivity contribution in [2.24, 2.45) is 0 Å². The highest BCUT2D eigenvalue weighted by Crippen LogP contribution is 2.47. The minimum absolute atomic E-state index is 0.0696. The molecule has 2 amide bonds. The first-order valence-electron chi connectivity index (χ1n) is 11.5. The maximum absolute atomic E-state index is 13.6. The third kappa shape index (κ3) is 3.57. The van der Waals surface area contributed by atoms with Crippen molar-refractivity contribution < 1.29 is 24.2 Å². The molecule has 2 aliphatic heterocycles. The standard InChI is InChI=1S/C29H22N2O5/c32-27-18-36-26-14-13-20(15-25(26)30-27)29(34)24-12-5-4-11-23(24)28(33)31(29)21-9-6-10-22(16-21)35-17-19-7-2-1-3-8-19/h1-16,34H,17-18H2,(H,30,32). The van der Waals surface area contributed by atoms with Crippen LogP contribution in [0.25, 0.3) is 0 Å². The molecule has 0 radical (unpaired) electrons. The molecule has 4 aromatic carbocycles. The lowest BCUT2D eigenvalue weighted by Crippen LogP contribution is -2.45. The monoisotopic (exact) mass is 478 g/mol. The van der Waals surface area contributed by atoms with Gasteiger partial charge in [0.1, 0.15) is 18.1 Å². The molecule has 178 valence electrons. The zero-order chi connectivity index (χ0) is 24.7. The van der Waals surface area contributed by atoms with E-state index in [2.05, 4.69) is 5.32 Å². The van der Waals surface area contributed by atoms with E-state index in [4.69, 9.17) is 9.47 Å². The van der Waals surface area contributed by atoms with Crippen molar-refractivity contribution >= 4 is 23.2 Å². The molecule has 0 bridgehead atoms. The topological polar surface area (TPSA) is 88.1 Å². The molecule has 1 atom stereocenters. The molecule has 7 nitrogen and oxygen atoms in total. The summed E-state index contributed by atoms with van der Waals surface area (Å²) in [6, 6.07) is 28.9. The summed E-state index contributed by atoms with van der Waals surface area (Å²) in [5.74, 6) is 0.442. The first kappa shape index (κ1) is 21.9. The van der Waals surface area contributed by atoms with E-state index in [1.807, 2.05) is 36.4 Å². The van der Waals surface area contributed by atoms with Crippen molar-refractivity contribution in [3.05, 3.63) is 119 Å². The Bertz CT molecular complexity index is 1490. The first-order chi connectivity index (χ1) is 17.5. The van der Waals surface area contributed by atoms with Crippen LogP contribution in [0.15, 0.2) is 97.1 Å². The van der Waals surface area contributed by atoms with Crippen molar-refractivity contribution in [2.45, 2.75) is 12.3 Å². The summed E-state index contributed by atoms with van der Waals surface area (Å²) in [5.41, 5.74) is 1.38. The second-order valence-electron chi connectivity index (χ2n) is 8.68. The second kappa shape index (κ2) is 8.55. The van der Waals surface area contributed by atoms with Gasteiger partial charge in [-0.25, -0.2) is 0 Å². The number of hydrogen-bond donors (Lipinski definition) is 2. The van der Waals surface area contributed by atoms with Crippen LogP contribution in [-0.4, -0.2) is 23.5 Å². The smallest absolute Gasteiger partial charge is 0.262 e. The fourth-order valence-corrected chi connectivity index (χ4v) is 4.70. The van der Waals surface area contributed by atoms with Crippen LogP contribution in [0.5, 0.6) is 11.5 Å². The molecular formula is C29H22N2O5. The van der Waals surface area contributed by atoms with E-state index < -0.39 is 5.72 Å². The summed E-state index contributed by atoms with van der Waals surface area (Å²) in [5, 5.41) is 15.0. The number of aliphatic hydroxyl groups is 1. The lowest BCUT2D eigenvalue weighted by atomic mass is 9.93. The molecule has 6 rings (SSSR count). The fraction of sp³-hybridized carbons (Fsp3) is 0.103. The molecule has 4 aromatic rings. The Kier molecular flexibility index (Phi) is 5.20. The van der Waals surface area contributed by atoms with Crippen LogP contribution in [0, 0.1) is 0 Å². The summed E-state index contributed by atoms with van der Waals surface area (Å²) >= 11 is 0. The van der Waals surface area contributed by atoms with E-state index in [0.717, 1.165) is 5.56 Å². The highest BCUT2D eigenvalue weighted by Gasteiger charge is 2.51. The number of carbonyl (C=O) groups is 2. The molecule has 36 heavy (non-hydrogen) atoms. The molecule has 2 heterocycles. The maximum atomic E-state index is 13.6. The minimum Gasteiger partial charge on any atom is -0.489 e. The molecule has 0 spiro atoms. The largest absolute Gasteiger partial charge is 0.489 e. The maximum Gasteiger partial charge on any atom is 0.262 e. The van der Waals surface area contributed by atoms with Gasteiger partial charge in [0, 0.05) is 22.8 Å². The van der Waals surface area contributed by atoms with E-state index in [-0.39, 0.29) is 18.4 Å². The van der Waals surface area contributed by atoms with E-state index in [1.165, 1.54) is 4.90 Å². The van der Waals surface area contributed by atoms with E-state index in [0.29, 0.717) is 46.2 Å². The van der Waals surface area contributed by atoms with Crippen molar-refractivity contribution in [1.29, 1.82) is 0 Å². The number of nitrogens with zero attached hydrogens (tertiary/aromatic N) is 1. The van der Waals surface area contributed by atoms with Crippen molar-refractivity contribution in [1.82, 2.24) is 0 Å². The van der Waals surface area contributed by atoms with Crippen molar-refractivity contribution in [2.75, 3.05) is 16.8 Å². The van der Waals surface area contributed by atoms with Gasteiger partial charge in [0.05, 0.1) is 11.4 Å². The summed E-state index contributed by atoms with van der Waals surface area (Å²) in [4.78, 5) is 26.9. The highest BCUT2D eigenvalue weighted by molar-refractivity contribution is 6.12. The van der Waals surface area contributed by atoms with Gasteiger partial charge in [-0.3, -0.25) is 14.5 Å². The zero-order valence-electron chi connectivity index (χ0n) is 19.2. The van der Waals surface area contributed by atoms with Crippen LogP contribution >= 0.6 is 0 Å². The number of ether oxygens (including phenoxy) is 2.